The lowest BCUT2D eigenvalue weighted by atomic mass is 10.2. The number of nitrogens with zero attached hydrogens (tertiary/aromatic N) is 3. The lowest BCUT2D eigenvalue weighted by Crippen LogP contribution is -1.98. The van der Waals surface area contributed by atoms with E-state index in [-0.39, 0.29) is 5.56 Å². The molecule has 0 radical (unpaired) electrons. The van der Waals surface area contributed by atoms with Crippen LogP contribution in [0.3, 0.4) is 0 Å². The van der Waals surface area contributed by atoms with Gasteiger partial charge in [0.2, 0.25) is 0 Å². The van der Waals surface area contributed by atoms with Crippen molar-refractivity contribution >= 4 is 29.3 Å². The Morgan fingerprint density at radius 2 is 2.31 bits per heavy atom. The number of rotatable bonds is 3. The van der Waals surface area contributed by atoms with Crippen LogP contribution in [0.25, 0.3) is 0 Å². The van der Waals surface area contributed by atoms with E-state index < -0.39 is 5.97 Å². The lowest BCUT2D eigenvalue weighted by Gasteiger charge is -2.01. The number of carboxylic acids is 1. The van der Waals surface area contributed by atoms with Gasteiger partial charge in [0.1, 0.15) is 11.4 Å². The lowest BCUT2D eigenvalue weighted by molar-refractivity contribution is 0.0696. The van der Waals surface area contributed by atoms with Gasteiger partial charge in [0.05, 0.1) is 5.56 Å². The molecule has 0 aliphatic rings. The van der Waals surface area contributed by atoms with Crippen LogP contribution >= 0.6 is 23.3 Å². The first-order chi connectivity index (χ1) is 7.65. The fourth-order valence-corrected chi connectivity index (χ4v) is 2.58. The second-order valence-electron chi connectivity index (χ2n) is 2.95. The standard InChI is InChI=1S/C9H7N3O2S2/c1-5-2-6(8(13)14)3-7(12-5)15-9-10-4-11-16-9/h2-4H,1H3,(H,13,14). The molecule has 0 fully saturated rings. The number of pyridine rings is 1. The van der Waals surface area contributed by atoms with Gasteiger partial charge >= 0.3 is 5.97 Å². The van der Waals surface area contributed by atoms with E-state index >= 15 is 0 Å². The van der Waals surface area contributed by atoms with E-state index in [1.165, 1.54) is 41.8 Å². The third-order valence-corrected chi connectivity index (χ3v) is 3.34. The number of hydrogen-bond donors (Lipinski definition) is 1. The molecule has 2 rings (SSSR count). The van der Waals surface area contributed by atoms with Crippen molar-refractivity contribution < 1.29 is 9.90 Å². The Labute approximate surface area is 99.7 Å². The van der Waals surface area contributed by atoms with Gasteiger partial charge in [-0.25, -0.2) is 14.8 Å². The van der Waals surface area contributed by atoms with E-state index in [1.54, 1.807) is 6.92 Å². The van der Waals surface area contributed by atoms with Crippen molar-refractivity contribution in [1.29, 1.82) is 0 Å². The minimum atomic E-state index is -0.954. The number of carbonyl (C=O) groups is 1. The smallest absolute Gasteiger partial charge is 0.335 e. The van der Waals surface area contributed by atoms with Gasteiger partial charge in [0.15, 0.2) is 4.34 Å². The highest BCUT2D eigenvalue weighted by Crippen LogP contribution is 2.27. The van der Waals surface area contributed by atoms with Crippen LogP contribution in [0.2, 0.25) is 0 Å². The maximum atomic E-state index is 10.8. The highest BCUT2D eigenvalue weighted by Gasteiger charge is 2.08. The SMILES string of the molecule is Cc1cc(C(=O)O)cc(Sc2ncns2)n1. The molecule has 0 saturated heterocycles. The monoisotopic (exact) mass is 253 g/mol. The van der Waals surface area contributed by atoms with Crippen molar-refractivity contribution in [2.45, 2.75) is 16.3 Å². The molecule has 0 aliphatic heterocycles. The van der Waals surface area contributed by atoms with E-state index in [2.05, 4.69) is 14.3 Å². The van der Waals surface area contributed by atoms with Crippen molar-refractivity contribution in [3.63, 3.8) is 0 Å². The maximum absolute atomic E-state index is 10.8. The summed E-state index contributed by atoms with van der Waals surface area (Å²) in [6, 6.07) is 3.06. The van der Waals surface area contributed by atoms with Crippen LogP contribution in [0.15, 0.2) is 27.8 Å². The highest BCUT2D eigenvalue weighted by molar-refractivity contribution is 8.00. The molecule has 0 unspecified atom stereocenters. The summed E-state index contributed by atoms with van der Waals surface area (Å²) in [4.78, 5) is 19.1. The zero-order valence-electron chi connectivity index (χ0n) is 8.25. The molecule has 0 atom stereocenters. The predicted molar refractivity (Wildman–Crippen MR) is 60.0 cm³/mol. The van der Waals surface area contributed by atoms with Crippen LogP contribution in [-0.2, 0) is 0 Å². The zero-order valence-corrected chi connectivity index (χ0v) is 9.88. The van der Waals surface area contributed by atoms with Gasteiger partial charge in [-0.05, 0) is 42.4 Å². The topological polar surface area (TPSA) is 76.0 Å². The Morgan fingerprint density at radius 3 is 2.94 bits per heavy atom. The Bertz CT molecular complexity index is 513. The summed E-state index contributed by atoms with van der Waals surface area (Å²) >= 11 is 2.56. The molecule has 1 N–H and O–H groups in total. The van der Waals surface area contributed by atoms with Gasteiger partial charge < -0.3 is 5.11 Å². The summed E-state index contributed by atoms with van der Waals surface area (Å²) in [5.74, 6) is -0.954. The summed E-state index contributed by atoms with van der Waals surface area (Å²) < 4.78 is 4.61. The molecule has 7 heteroatoms. The normalized spacial score (nSPS) is 10.3. The fourth-order valence-electron chi connectivity index (χ4n) is 1.11. The maximum Gasteiger partial charge on any atom is 0.335 e. The second-order valence-corrected chi connectivity index (χ2v) is 5.00. The van der Waals surface area contributed by atoms with Crippen molar-refractivity contribution in [3.8, 4) is 0 Å². The molecule has 0 amide bonds. The first kappa shape index (κ1) is 11.0. The summed E-state index contributed by atoms with van der Waals surface area (Å²) in [6.45, 7) is 1.76. The highest BCUT2D eigenvalue weighted by atomic mass is 32.2. The minimum absolute atomic E-state index is 0.236. The summed E-state index contributed by atoms with van der Waals surface area (Å²) in [7, 11) is 0. The van der Waals surface area contributed by atoms with Gasteiger partial charge in [-0.15, -0.1) is 0 Å². The number of hydrogen-bond acceptors (Lipinski definition) is 6. The molecule has 5 nitrogen and oxygen atoms in total. The number of carboxylic acid groups (broad SMARTS) is 1. The van der Waals surface area contributed by atoms with Crippen LogP contribution in [-0.4, -0.2) is 25.4 Å². The van der Waals surface area contributed by atoms with Gasteiger partial charge in [-0.1, -0.05) is 0 Å². The average molecular weight is 253 g/mol. The van der Waals surface area contributed by atoms with Gasteiger partial charge in [0.25, 0.3) is 0 Å². The summed E-state index contributed by atoms with van der Waals surface area (Å²) in [5, 5.41) is 9.52. The minimum Gasteiger partial charge on any atom is -0.478 e. The van der Waals surface area contributed by atoms with Crippen molar-refractivity contribution in [2.24, 2.45) is 0 Å². The number of aryl methyl sites for hydroxylation is 1. The molecule has 2 aromatic rings. The summed E-state index contributed by atoms with van der Waals surface area (Å²) in [5.41, 5.74) is 0.909. The quantitative estimate of drug-likeness (QED) is 0.902. The van der Waals surface area contributed by atoms with Crippen LogP contribution in [0.4, 0.5) is 0 Å². The van der Waals surface area contributed by atoms with Gasteiger partial charge in [0, 0.05) is 5.69 Å². The molecular weight excluding hydrogens is 246 g/mol. The molecule has 0 bridgehead atoms. The molecule has 0 saturated carbocycles. The van der Waals surface area contributed by atoms with E-state index in [0.717, 1.165) is 4.34 Å². The zero-order chi connectivity index (χ0) is 11.5. The van der Waals surface area contributed by atoms with E-state index in [9.17, 15) is 4.79 Å². The molecular formula is C9H7N3O2S2. The Balaban J connectivity index is 2.31. The van der Waals surface area contributed by atoms with Crippen LogP contribution in [0.1, 0.15) is 16.1 Å². The molecule has 0 aromatic carbocycles. The molecule has 0 aliphatic carbocycles. The first-order valence-corrected chi connectivity index (χ1v) is 5.90. The van der Waals surface area contributed by atoms with E-state index in [0.29, 0.717) is 10.7 Å². The van der Waals surface area contributed by atoms with E-state index in [1.807, 2.05) is 0 Å². The Hall–Kier alpha value is -1.47. The molecule has 0 spiro atoms. The van der Waals surface area contributed by atoms with Crippen LogP contribution in [0.5, 0.6) is 0 Å². The van der Waals surface area contributed by atoms with E-state index in [4.69, 9.17) is 5.11 Å². The predicted octanol–water partition coefficient (Wildman–Crippen LogP) is 2.09. The van der Waals surface area contributed by atoms with Crippen molar-refractivity contribution in [3.05, 3.63) is 29.7 Å². The number of aromatic nitrogens is 3. The second kappa shape index (κ2) is 4.58. The third-order valence-electron chi connectivity index (χ3n) is 1.71. The van der Waals surface area contributed by atoms with Crippen molar-refractivity contribution in [1.82, 2.24) is 14.3 Å². The Morgan fingerprint density at radius 1 is 1.50 bits per heavy atom. The Kier molecular flexibility index (Phi) is 3.16. The first-order valence-electron chi connectivity index (χ1n) is 4.31. The summed E-state index contributed by atoms with van der Waals surface area (Å²) in [6.07, 6.45) is 1.46. The van der Waals surface area contributed by atoms with Crippen molar-refractivity contribution in [2.75, 3.05) is 0 Å². The van der Waals surface area contributed by atoms with Gasteiger partial charge in [-0.3, -0.25) is 0 Å². The van der Waals surface area contributed by atoms with Gasteiger partial charge in [-0.2, -0.15) is 4.37 Å². The van der Waals surface area contributed by atoms with Crippen LogP contribution < -0.4 is 0 Å². The molecule has 2 heterocycles. The number of aromatic carboxylic acids is 1. The average Bonchev–Trinajstić information content (AvgIpc) is 2.69. The fraction of sp³-hybridized carbons (Fsp3) is 0.111. The molecule has 2 aromatic heterocycles. The largest absolute Gasteiger partial charge is 0.478 e. The third kappa shape index (κ3) is 2.56. The van der Waals surface area contributed by atoms with Crippen LogP contribution in [0, 0.1) is 6.92 Å². The molecule has 16 heavy (non-hydrogen) atoms. The molecule has 82 valence electrons.